The molecule has 0 bridgehead atoms. The lowest BCUT2D eigenvalue weighted by atomic mass is 10.1. The Morgan fingerprint density at radius 2 is 2.15 bits per heavy atom. The monoisotopic (exact) mass is 277 g/mol. The summed E-state index contributed by atoms with van der Waals surface area (Å²) in [4.78, 5) is 18.3. The second-order valence-electron chi connectivity index (χ2n) is 6.25. The highest BCUT2D eigenvalue weighted by molar-refractivity contribution is 5.87. The summed E-state index contributed by atoms with van der Waals surface area (Å²) in [6.07, 6.45) is 4.16. The largest absolute Gasteiger partial charge is 0.476 e. The predicted molar refractivity (Wildman–Crippen MR) is 76.2 cm³/mol. The van der Waals surface area contributed by atoms with Crippen molar-refractivity contribution in [3.05, 3.63) is 17.2 Å². The van der Waals surface area contributed by atoms with Crippen LogP contribution in [0.5, 0.6) is 0 Å². The van der Waals surface area contributed by atoms with E-state index in [-0.39, 0.29) is 0 Å². The minimum absolute atomic E-state index is 0.294. The Balaban J connectivity index is 1.92. The van der Waals surface area contributed by atoms with E-state index in [4.69, 9.17) is 0 Å². The van der Waals surface area contributed by atoms with E-state index in [2.05, 4.69) is 28.3 Å². The van der Waals surface area contributed by atoms with E-state index < -0.39 is 5.97 Å². The van der Waals surface area contributed by atoms with E-state index in [9.17, 15) is 9.90 Å². The number of carboxylic acid groups (broad SMARTS) is 1. The number of carbonyl (C=O) groups is 1. The Hall–Kier alpha value is -1.36. The van der Waals surface area contributed by atoms with Crippen LogP contribution in [-0.4, -0.2) is 44.7 Å². The van der Waals surface area contributed by atoms with Gasteiger partial charge in [-0.2, -0.15) is 0 Å². The number of imidazole rings is 1. The number of aromatic carboxylic acids is 1. The number of likely N-dealkylation sites (tertiary alicyclic amines) is 1. The molecule has 0 aromatic carbocycles. The molecule has 1 unspecified atom stereocenters. The number of hydrogen-bond donors (Lipinski definition) is 1. The first kappa shape index (κ1) is 13.6. The van der Waals surface area contributed by atoms with Gasteiger partial charge in [0.2, 0.25) is 0 Å². The zero-order chi connectivity index (χ0) is 14.3. The molecule has 0 radical (unpaired) electrons. The van der Waals surface area contributed by atoms with Crippen LogP contribution in [0.3, 0.4) is 0 Å². The van der Waals surface area contributed by atoms with Crippen LogP contribution in [0.4, 0.5) is 0 Å². The lowest BCUT2D eigenvalue weighted by Gasteiger charge is -2.21. The Labute approximate surface area is 119 Å². The summed E-state index contributed by atoms with van der Waals surface area (Å²) in [5, 5.41) is 9.35. The van der Waals surface area contributed by atoms with E-state index in [0.717, 1.165) is 56.8 Å². The number of aromatic nitrogens is 2. The van der Waals surface area contributed by atoms with Gasteiger partial charge in [0.05, 0.1) is 5.69 Å². The van der Waals surface area contributed by atoms with Crippen LogP contribution in [0.2, 0.25) is 0 Å². The van der Waals surface area contributed by atoms with E-state index in [1.807, 2.05) is 0 Å². The van der Waals surface area contributed by atoms with Crippen LogP contribution in [0.15, 0.2) is 0 Å². The summed E-state index contributed by atoms with van der Waals surface area (Å²) in [6, 6.07) is 0.551. The molecule has 0 saturated carbocycles. The summed E-state index contributed by atoms with van der Waals surface area (Å²) in [7, 11) is 0. The summed E-state index contributed by atoms with van der Waals surface area (Å²) >= 11 is 0. The maximum Gasteiger partial charge on any atom is 0.356 e. The second kappa shape index (κ2) is 5.20. The first-order valence-electron chi connectivity index (χ1n) is 7.64. The van der Waals surface area contributed by atoms with Gasteiger partial charge in [-0.15, -0.1) is 0 Å². The number of fused-ring (bicyclic) bond motifs is 1. The molecule has 1 N–H and O–H groups in total. The van der Waals surface area contributed by atoms with E-state index in [1.54, 1.807) is 0 Å². The summed E-state index contributed by atoms with van der Waals surface area (Å²) in [5.74, 6) is 0.531. The van der Waals surface area contributed by atoms with Crippen molar-refractivity contribution < 1.29 is 9.90 Å². The Morgan fingerprint density at radius 3 is 2.80 bits per heavy atom. The third-order valence-electron chi connectivity index (χ3n) is 4.67. The van der Waals surface area contributed by atoms with Gasteiger partial charge in [0.15, 0.2) is 5.69 Å². The zero-order valence-corrected chi connectivity index (χ0v) is 12.3. The van der Waals surface area contributed by atoms with Crippen molar-refractivity contribution in [3.63, 3.8) is 0 Å². The second-order valence-corrected chi connectivity index (χ2v) is 6.25. The van der Waals surface area contributed by atoms with Crippen molar-refractivity contribution in [2.75, 3.05) is 13.1 Å². The fraction of sp³-hybridized carbons (Fsp3) is 0.733. The van der Waals surface area contributed by atoms with Crippen LogP contribution in [0.1, 0.15) is 61.0 Å². The molecule has 5 nitrogen and oxygen atoms in total. The molecule has 0 aliphatic carbocycles. The molecule has 0 amide bonds. The lowest BCUT2D eigenvalue weighted by Crippen LogP contribution is -2.28. The van der Waals surface area contributed by atoms with E-state index >= 15 is 0 Å². The third kappa shape index (κ3) is 2.24. The van der Waals surface area contributed by atoms with Gasteiger partial charge < -0.3 is 14.6 Å². The molecule has 0 spiro atoms. The van der Waals surface area contributed by atoms with Gasteiger partial charge in [0.1, 0.15) is 5.82 Å². The van der Waals surface area contributed by atoms with Gasteiger partial charge in [-0.1, -0.05) is 0 Å². The first-order valence-corrected chi connectivity index (χ1v) is 7.64. The molecule has 1 fully saturated rings. The minimum atomic E-state index is -0.874. The molecule has 110 valence electrons. The SMILES string of the molecule is CC(C)N1CCC(c2nc(C(=O)O)c3n2CCCC3)C1. The maximum atomic E-state index is 11.4. The summed E-state index contributed by atoms with van der Waals surface area (Å²) in [5.41, 5.74) is 1.24. The van der Waals surface area contributed by atoms with Crippen LogP contribution in [0, 0.1) is 0 Å². The third-order valence-corrected chi connectivity index (χ3v) is 4.67. The Kier molecular flexibility index (Phi) is 3.54. The van der Waals surface area contributed by atoms with Gasteiger partial charge in [-0.05, 0) is 46.1 Å². The highest BCUT2D eigenvalue weighted by atomic mass is 16.4. The molecule has 3 heterocycles. The average molecular weight is 277 g/mol. The average Bonchev–Trinajstić information content (AvgIpc) is 3.02. The molecule has 5 heteroatoms. The Morgan fingerprint density at radius 1 is 1.35 bits per heavy atom. The number of rotatable bonds is 3. The van der Waals surface area contributed by atoms with Gasteiger partial charge in [-0.3, -0.25) is 0 Å². The number of nitrogens with zero attached hydrogens (tertiary/aromatic N) is 3. The van der Waals surface area contributed by atoms with Crippen LogP contribution in [-0.2, 0) is 13.0 Å². The van der Waals surface area contributed by atoms with Crippen molar-refractivity contribution >= 4 is 5.97 Å². The molecule has 3 rings (SSSR count). The smallest absolute Gasteiger partial charge is 0.356 e. The molecule has 20 heavy (non-hydrogen) atoms. The fourth-order valence-corrected chi connectivity index (χ4v) is 3.52. The molecule has 1 saturated heterocycles. The molecule has 1 aromatic rings. The standard InChI is InChI=1S/C15H23N3O2/c1-10(2)17-8-6-11(9-17)14-16-13(15(19)20)12-5-3-4-7-18(12)14/h10-11H,3-9H2,1-2H3,(H,19,20). The molecule has 1 aromatic heterocycles. The van der Waals surface area contributed by atoms with Gasteiger partial charge in [0.25, 0.3) is 0 Å². The maximum absolute atomic E-state index is 11.4. The van der Waals surface area contributed by atoms with Crippen molar-refractivity contribution in [1.82, 2.24) is 14.5 Å². The molecule has 2 aliphatic rings. The van der Waals surface area contributed by atoms with Crippen LogP contribution in [0.25, 0.3) is 0 Å². The van der Waals surface area contributed by atoms with Crippen molar-refractivity contribution in [2.45, 2.75) is 58.0 Å². The van der Waals surface area contributed by atoms with Gasteiger partial charge in [-0.25, -0.2) is 9.78 Å². The van der Waals surface area contributed by atoms with Crippen LogP contribution < -0.4 is 0 Å². The zero-order valence-electron chi connectivity index (χ0n) is 12.3. The molecular weight excluding hydrogens is 254 g/mol. The Bertz CT molecular complexity index is 521. The summed E-state index contributed by atoms with van der Waals surface area (Å²) in [6.45, 7) is 7.46. The van der Waals surface area contributed by atoms with Crippen molar-refractivity contribution in [1.29, 1.82) is 0 Å². The van der Waals surface area contributed by atoms with Crippen molar-refractivity contribution in [3.8, 4) is 0 Å². The van der Waals surface area contributed by atoms with E-state index in [0.29, 0.717) is 17.7 Å². The predicted octanol–water partition coefficient (Wildman–Crippen LogP) is 2.12. The fourth-order valence-electron chi connectivity index (χ4n) is 3.52. The number of hydrogen-bond acceptors (Lipinski definition) is 3. The minimum Gasteiger partial charge on any atom is -0.476 e. The van der Waals surface area contributed by atoms with Gasteiger partial charge in [0, 0.05) is 25.0 Å². The lowest BCUT2D eigenvalue weighted by molar-refractivity contribution is 0.0689. The van der Waals surface area contributed by atoms with Crippen LogP contribution >= 0.6 is 0 Å². The quantitative estimate of drug-likeness (QED) is 0.919. The first-order chi connectivity index (χ1) is 9.58. The van der Waals surface area contributed by atoms with E-state index in [1.165, 1.54) is 0 Å². The highest BCUT2D eigenvalue weighted by Gasteiger charge is 2.32. The molecule has 1 atom stereocenters. The van der Waals surface area contributed by atoms with Crippen molar-refractivity contribution in [2.24, 2.45) is 0 Å². The number of carboxylic acids is 1. The normalized spacial score (nSPS) is 23.2. The summed E-state index contributed by atoms with van der Waals surface area (Å²) < 4.78 is 2.20. The highest BCUT2D eigenvalue weighted by Crippen LogP contribution is 2.31. The van der Waals surface area contributed by atoms with Gasteiger partial charge >= 0.3 is 5.97 Å². The molecule has 2 aliphatic heterocycles. The molecular formula is C15H23N3O2. The topological polar surface area (TPSA) is 58.4 Å².